The van der Waals surface area contributed by atoms with E-state index in [-0.39, 0.29) is 0 Å². The zero-order valence-corrected chi connectivity index (χ0v) is 13.3. The van der Waals surface area contributed by atoms with Crippen molar-refractivity contribution in [2.45, 2.75) is 17.8 Å². The van der Waals surface area contributed by atoms with Crippen molar-refractivity contribution in [1.29, 1.82) is 0 Å². The first-order valence-electron chi connectivity index (χ1n) is 7.25. The Labute approximate surface area is 137 Å². The molecule has 5 nitrogen and oxygen atoms in total. The van der Waals surface area contributed by atoms with Crippen LogP contribution in [0.1, 0.15) is 11.1 Å². The molecule has 0 atom stereocenters. The highest BCUT2D eigenvalue weighted by Crippen LogP contribution is 2.24. The van der Waals surface area contributed by atoms with Gasteiger partial charge in [-0.1, -0.05) is 36.0 Å². The number of rotatable bonds is 4. The highest BCUT2D eigenvalue weighted by Gasteiger charge is 2.11. The van der Waals surface area contributed by atoms with Gasteiger partial charge in [-0.3, -0.25) is 0 Å². The summed E-state index contributed by atoms with van der Waals surface area (Å²) in [4.78, 5) is 0. The Morgan fingerprint density at radius 1 is 1.04 bits per heavy atom. The third kappa shape index (κ3) is 2.73. The Balaban J connectivity index is 1.65. The van der Waals surface area contributed by atoms with Crippen LogP contribution in [-0.2, 0) is 5.75 Å². The van der Waals surface area contributed by atoms with Crippen molar-refractivity contribution in [2.75, 3.05) is 0 Å². The molecular weight excluding hydrogens is 308 g/mol. The molecule has 0 aliphatic heterocycles. The van der Waals surface area contributed by atoms with Crippen molar-refractivity contribution in [3.63, 3.8) is 0 Å². The van der Waals surface area contributed by atoms with Crippen LogP contribution in [0, 0.1) is 6.92 Å². The standard InChI is InChI=1S/C17H14N4OS/c1-12-5-2-3-6-13(12)11-23-17-19-18-16-9-8-14(20-21(16)17)15-7-4-10-22-15/h2-10H,11H2,1H3. The van der Waals surface area contributed by atoms with Gasteiger partial charge in [-0.25, -0.2) is 0 Å². The molecular formula is C17H14N4OS. The summed E-state index contributed by atoms with van der Waals surface area (Å²) in [6.45, 7) is 2.12. The van der Waals surface area contributed by atoms with E-state index in [2.05, 4.69) is 40.4 Å². The fourth-order valence-electron chi connectivity index (χ4n) is 2.33. The van der Waals surface area contributed by atoms with Crippen LogP contribution in [-0.4, -0.2) is 19.8 Å². The van der Waals surface area contributed by atoms with Crippen LogP contribution >= 0.6 is 11.8 Å². The Bertz CT molecular complexity index is 946. The van der Waals surface area contributed by atoms with Crippen molar-refractivity contribution in [2.24, 2.45) is 0 Å². The van der Waals surface area contributed by atoms with E-state index in [0.717, 1.165) is 28.0 Å². The van der Waals surface area contributed by atoms with Crippen LogP contribution < -0.4 is 0 Å². The van der Waals surface area contributed by atoms with Crippen molar-refractivity contribution in [1.82, 2.24) is 19.8 Å². The number of fused-ring (bicyclic) bond motifs is 1. The second kappa shape index (κ2) is 5.89. The van der Waals surface area contributed by atoms with E-state index in [4.69, 9.17) is 4.42 Å². The van der Waals surface area contributed by atoms with Gasteiger partial charge in [0.1, 0.15) is 5.69 Å². The molecule has 3 aromatic heterocycles. The molecule has 0 radical (unpaired) electrons. The SMILES string of the molecule is Cc1ccccc1CSc1nnc2ccc(-c3ccco3)nn12. The van der Waals surface area contributed by atoms with E-state index in [1.807, 2.05) is 30.3 Å². The highest BCUT2D eigenvalue weighted by atomic mass is 32.2. The number of aryl methyl sites for hydroxylation is 1. The van der Waals surface area contributed by atoms with Crippen LogP contribution in [0.3, 0.4) is 0 Å². The normalized spacial score (nSPS) is 11.2. The summed E-state index contributed by atoms with van der Waals surface area (Å²) in [5.74, 6) is 1.57. The van der Waals surface area contributed by atoms with Gasteiger partial charge in [0, 0.05) is 5.75 Å². The predicted molar refractivity (Wildman–Crippen MR) is 89.2 cm³/mol. The lowest BCUT2D eigenvalue weighted by Crippen LogP contribution is -1.96. The van der Waals surface area contributed by atoms with Crippen molar-refractivity contribution < 1.29 is 4.42 Å². The molecule has 23 heavy (non-hydrogen) atoms. The monoisotopic (exact) mass is 322 g/mol. The molecule has 6 heteroatoms. The van der Waals surface area contributed by atoms with Crippen LogP contribution in [0.2, 0.25) is 0 Å². The lowest BCUT2D eigenvalue weighted by Gasteiger charge is -2.04. The van der Waals surface area contributed by atoms with E-state index < -0.39 is 0 Å². The van der Waals surface area contributed by atoms with E-state index in [9.17, 15) is 0 Å². The Morgan fingerprint density at radius 2 is 1.96 bits per heavy atom. The summed E-state index contributed by atoms with van der Waals surface area (Å²) < 4.78 is 7.17. The largest absolute Gasteiger partial charge is 0.463 e. The Morgan fingerprint density at radius 3 is 2.78 bits per heavy atom. The Hall–Kier alpha value is -2.60. The minimum atomic E-state index is 0.729. The molecule has 0 fully saturated rings. The van der Waals surface area contributed by atoms with E-state index in [1.165, 1.54) is 11.1 Å². The summed E-state index contributed by atoms with van der Waals surface area (Å²) in [5, 5.41) is 13.8. The van der Waals surface area contributed by atoms with Crippen molar-refractivity contribution in [3.8, 4) is 11.5 Å². The number of thioether (sulfide) groups is 1. The fourth-order valence-corrected chi connectivity index (χ4v) is 3.29. The zero-order chi connectivity index (χ0) is 15.6. The average molecular weight is 322 g/mol. The number of benzene rings is 1. The van der Waals surface area contributed by atoms with Gasteiger partial charge in [0.05, 0.1) is 6.26 Å². The lowest BCUT2D eigenvalue weighted by atomic mass is 10.1. The number of hydrogen-bond acceptors (Lipinski definition) is 5. The molecule has 114 valence electrons. The summed E-state index contributed by atoms with van der Waals surface area (Å²) in [6.07, 6.45) is 1.64. The quantitative estimate of drug-likeness (QED) is 0.532. The fraction of sp³-hybridized carbons (Fsp3) is 0.118. The van der Waals surface area contributed by atoms with E-state index in [0.29, 0.717) is 0 Å². The second-order valence-electron chi connectivity index (χ2n) is 5.16. The predicted octanol–water partition coefficient (Wildman–Crippen LogP) is 3.99. The molecule has 4 aromatic rings. The van der Waals surface area contributed by atoms with Crippen LogP contribution in [0.5, 0.6) is 0 Å². The summed E-state index contributed by atoms with van der Waals surface area (Å²) >= 11 is 1.63. The molecule has 0 bridgehead atoms. The lowest BCUT2D eigenvalue weighted by molar-refractivity contribution is 0.577. The molecule has 0 aliphatic carbocycles. The number of hydrogen-bond donors (Lipinski definition) is 0. The van der Waals surface area contributed by atoms with E-state index >= 15 is 0 Å². The van der Waals surface area contributed by atoms with Gasteiger partial charge < -0.3 is 4.42 Å². The maximum atomic E-state index is 5.41. The van der Waals surface area contributed by atoms with Gasteiger partial charge in [-0.05, 0) is 42.3 Å². The number of aromatic nitrogens is 4. The Kier molecular flexibility index (Phi) is 3.59. The van der Waals surface area contributed by atoms with Crippen LogP contribution in [0.15, 0.2) is 64.4 Å². The topological polar surface area (TPSA) is 56.2 Å². The molecule has 0 spiro atoms. The molecule has 0 saturated heterocycles. The molecule has 4 rings (SSSR count). The molecule has 1 aromatic carbocycles. The molecule has 0 unspecified atom stereocenters. The third-order valence-corrected chi connectivity index (χ3v) is 4.59. The molecule has 0 amide bonds. The summed E-state index contributed by atoms with van der Waals surface area (Å²) in [7, 11) is 0. The molecule has 0 aliphatic rings. The maximum Gasteiger partial charge on any atom is 0.212 e. The van der Waals surface area contributed by atoms with Gasteiger partial charge in [0.15, 0.2) is 11.4 Å². The van der Waals surface area contributed by atoms with Crippen molar-refractivity contribution in [3.05, 3.63) is 65.9 Å². The highest BCUT2D eigenvalue weighted by molar-refractivity contribution is 7.98. The van der Waals surface area contributed by atoms with Gasteiger partial charge in [0.2, 0.25) is 5.16 Å². The van der Waals surface area contributed by atoms with Gasteiger partial charge in [0.25, 0.3) is 0 Å². The van der Waals surface area contributed by atoms with Crippen molar-refractivity contribution >= 4 is 17.4 Å². The summed E-state index contributed by atoms with van der Waals surface area (Å²) in [5.41, 5.74) is 4.06. The number of nitrogens with zero attached hydrogens (tertiary/aromatic N) is 4. The smallest absolute Gasteiger partial charge is 0.212 e. The molecule has 0 saturated carbocycles. The van der Waals surface area contributed by atoms with E-state index in [1.54, 1.807) is 22.5 Å². The van der Waals surface area contributed by atoms with Crippen LogP contribution in [0.4, 0.5) is 0 Å². The van der Waals surface area contributed by atoms with Crippen LogP contribution in [0.25, 0.3) is 17.1 Å². The molecule has 0 N–H and O–H groups in total. The maximum absolute atomic E-state index is 5.41. The minimum Gasteiger partial charge on any atom is -0.463 e. The average Bonchev–Trinajstić information content (AvgIpc) is 3.23. The van der Waals surface area contributed by atoms with Gasteiger partial charge in [-0.15, -0.1) is 10.2 Å². The molecule has 3 heterocycles. The zero-order valence-electron chi connectivity index (χ0n) is 12.5. The third-order valence-electron chi connectivity index (χ3n) is 3.63. The second-order valence-corrected chi connectivity index (χ2v) is 6.11. The first-order valence-corrected chi connectivity index (χ1v) is 8.23. The summed E-state index contributed by atoms with van der Waals surface area (Å²) in [6, 6.07) is 15.9. The first-order chi connectivity index (χ1) is 11.3. The first kappa shape index (κ1) is 14.0. The van der Waals surface area contributed by atoms with Gasteiger partial charge in [-0.2, -0.15) is 9.61 Å². The minimum absolute atomic E-state index is 0.729. The van der Waals surface area contributed by atoms with Gasteiger partial charge >= 0.3 is 0 Å². The number of furan rings is 1.